The Kier molecular flexibility index (Phi) is 4.97. The van der Waals surface area contributed by atoms with Crippen molar-refractivity contribution in [1.82, 2.24) is 0 Å². The Hall–Kier alpha value is -1.35. The molecule has 1 aliphatic rings. The molecule has 3 nitrogen and oxygen atoms in total. The van der Waals surface area contributed by atoms with Crippen LogP contribution >= 0.6 is 0 Å². The third-order valence-corrected chi connectivity index (χ3v) is 3.38. The van der Waals surface area contributed by atoms with E-state index in [4.69, 9.17) is 4.74 Å². The second-order valence-corrected chi connectivity index (χ2v) is 5.78. The zero-order valence-corrected chi connectivity index (χ0v) is 11.8. The van der Waals surface area contributed by atoms with Crippen molar-refractivity contribution in [1.29, 1.82) is 0 Å². The topological polar surface area (TPSA) is 38.3 Å². The predicted molar refractivity (Wildman–Crippen MR) is 77.2 cm³/mol. The van der Waals surface area contributed by atoms with E-state index in [9.17, 15) is 4.79 Å². The van der Waals surface area contributed by atoms with Crippen molar-refractivity contribution in [2.45, 2.75) is 33.1 Å². The minimum atomic E-state index is 0.0899. The highest BCUT2D eigenvalue weighted by Gasteiger charge is 2.18. The lowest BCUT2D eigenvalue weighted by Gasteiger charge is -2.10. The van der Waals surface area contributed by atoms with Gasteiger partial charge < -0.3 is 10.1 Å². The number of hydrogen-bond donors (Lipinski definition) is 1. The van der Waals surface area contributed by atoms with E-state index in [1.165, 1.54) is 5.56 Å². The van der Waals surface area contributed by atoms with Gasteiger partial charge in [0.25, 0.3) is 0 Å². The van der Waals surface area contributed by atoms with Gasteiger partial charge >= 0.3 is 0 Å². The summed E-state index contributed by atoms with van der Waals surface area (Å²) in [5.74, 6) is 1.13. The summed E-state index contributed by atoms with van der Waals surface area (Å²) in [6.45, 7) is 5.93. The third-order valence-electron chi connectivity index (χ3n) is 3.38. The first-order valence-corrected chi connectivity index (χ1v) is 7.10. The highest BCUT2D eigenvalue weighted by atomic mass is 16.5. The maximum absolute atomic E-state index is 11.9. The van der Waals surface area contributed by atoms with E-state index in [1.807, 2.05) is 12.1 Å². The van der Waals surface area contributed by atoms with E-state index in [0.29, 0.717) is 18.3 Å². The number of carbonyl (C=O) groups excluding carboxylic acids is 1. The van der Waals surface area contributed by atoms with Crippen LogP contribution in [-0.4, -0.2) is 19.1 Å². The fourth-order valence-electron chi connectivity index (χ4n) is 2.41. The van der Waals surface area contributed by atoms with E-state index in [-0.39, 0.29) is 5.91 Å². The van der Waals surface area contributed by atoms with Gasteiger partial charge in [-0.2, -0.15) is 0 Å². The Bertz CT molecular complexity index is 405. The Morgan fingerprint density at radius 3 is 2.68 bits per heavy atom. The van der Waals surface area contributed by atoms with Gasteiger partial charge in [0.05, 0.1) is 0 Å². The van der Waals surface area contributed by atoms with E-state index in [0.717, 1.165) is 31.7 Å². The average molecular weight is 261 g/mol. The summed E-state index contributed by atoms with van der Waals surface area (Å²) in [4.78, 5) is 11.9. The number of nitrogens with one attached hydrogen (secondary N) is 1. The number of hydrogen-bond acceptors (Lipinski definition) is 2. The van der Waals surface area contributed by atoms with Crippen molar-refractivity contribution in [3.63, 3.8) is 0 Å². The van der Waals surface area contributed by atoms with Crippen LogP contribution in [0.2, 0.25) is 0 Å². The molecular formula is C16H23NO2. The number of anilines is 1. The van der Waals surface area contributed by atoms with Gasteiger partial charge in [-0.05, 0) is 42.4 Å². The monoisotopic (exact) mass is 261 g/mol. The molecular weight excluding hydrogens is 238 g/mol. The van der Waals surface area contributed by atoms with E-state index >= 15 is 0 Å². The molecule has 1 N–H and O–H groups in total. The smallest absolute Gasteiger partial charge is 0.224 e. The number of amides is 1. The second-order valence-electron chi connectivity index (χ2n) is 5.78. The number of benzene rings is 1. The zero-order valence-electron chi connectivity index (χ0n) is 11.8. The minimum Gasteiger partial charge on any atom is -0.381 e. The molecule has 0 saturated carbocycles. The fraction of sp³-hybridized carbons (Fsp3) is 0.562. The van der Waals surface area contributed by atoms with Crippen LogP contribution in [-0.2, 0) is 16.0 Å². The van der Waals surface area contributed by atoms with Crippen molar-refractivity contribution in [2.24, 2.45) is 11.8 Å². The summed E-state index contributed by atoms with van der Waals surface area (Å²) in [6, 6.07) is 8.16. The third kappa shape index (κ3) is 4.67. The molecule has 1 unspecified atom stereocenters. The van der Waals surface area contributed by atoms with Gasteiger partial charge in [0.2, 0.25) is 5.91 Å². The molecule has 1 atom stereocenters. The molecule has 0 bridgehead atoms. The maximum atomic E-state index is 11.9. The van der Waals surface area contributed by atoms with Crippen molar-refractivity contribution in [3.8, 4) is 0 Å². The molecule has 3 heteroatoms. The summed E-state index contributed by atoms with van der Waals surface area (Å²) >= 11 is 0. The molecule has 1 aliphatic heterocycles. The summed E-state index contributed by atoms with van der Waals surface area (Å²) in [6.07, 6.45) is 2.64. The SMILES string of the molecule is CC(C)Cc1ccc(NC(=O)CC2CCOC2)cc1. The lowest BCUT2D eigenvalue weighted by molar-refractivity contribution is -0.117. The van der Waals surface area contributed by atoms with Crippen LogP contribution in [0.3, 0.4) is 0 Å². The normalized spacial score (nSPS) is 18.8. The molecule has 0 aromatic heterocycles. The summed E-state index contributed by atoms with van der Waals surface area (Å²) < 4.78 is 5.28. The largest absolute Gasteiger partial charge is 0.381 e. The highest BCUT2D eigenvalue weighted by molar-refractivity contribution is 5.90. The standard InChI is InChI=1S/C16H23NO2/c1-12(2)9-13-3-5-15(6-4-13)17-16(18)10-14-7-8-19-11-14/h3-6,12,14H,7-11H2,1-2H3,(H,17,18). The fourth-order valence-corrected chi connectivity index (χ4v) is 2.41. The van der Waals surface area contributed by atoms with Gasteiger partial charge in [0.1, 0.15) is 0 Å². The van der Waals surface area contributed by atoms with Gasteiger partial charge in [-0.1, -0.05) is 26.0 Å². The molecule has 2 rings (SSSR count). The van der Waals surface area contributed by atoms with Crippen molar-refractivity contribution in [2.75, 3.05) is 18.5 Å². The first-order chi connectivity index (χ1) is 9.13. The van der Waals surface area contributed by atoms with Gasteiger partial charge in [-0.15, -0.1) is 0 Å². The second kappa shape index (κ2) is 6.71. The van der Waals surface area contributed by atoms with Crippen LogP contribution in [0.1, 0.15) is 32.3 Å². The number of rotatable bonds is 5. The van der Waals surface area contributed by atoms with Crippen LogP contribution in [0, 0.1) is 11.8 Å². The Morgan fingerprint density at radius 2 is 2.11 bits per heavy atom. The van der Waals surface area contributed by atoms with Crippen molar-refractivity contribution in [3.05, 3.63) is 29.8 Å². The van der Waals surface area contributed by atoms with Crippen LogP contribution in [0.4, 0.5) is 5.69 Å². The van der Waals surface area contributed by atoms with Gasteiger partial charge in [-0.25, -0.2) is 0 Å². The Morgan fingerprint density at radius 1 is 1.37 bits per heavy atom. The Balaban J connectivity index is 1.82. The summed E-state index contributed by atoms with van der Waals surface area (Å²) in [7, 11) is 0. The summed E-state index contributed by atoms with van der Waals surface area (Å²) in [5.41, 5.74) is 2.20. The lowest BCUT2D eigenvalue weighted by atomic mass is 10.0. The average Bonchev–Trinajstić information content (AvgIpc) is 2.83. The lowest BCUT2D eigenvalue weighted by Crippen LogP contribution is -2.16. The molecule has 19 heavy (non-hydrogen) atoms. The van der Waals surface area contributed by atoms with Gasteiger partial charge in [0, 0.05) is 25.3 Å². The summed E-state index contributed by atoms with van der Waals surface area (Å²) in [5, 5.41) is 2.95. The molecule has 0 spiro atoms. The molecule has 1 saturated heterocycles. The van der Waals surface area contributed by atoms with Crippen LogP contribution in [0.15, 0.2) is 24.3 Å². The van der Waals surface area contributed by atoms with Gasteiger partial charge in [-0.3, -0.25) is 4.79 Å². The Labute approximate surface area is 115 Å². The maximum Gasteiger partial charge on any atom is 0.224 e. The molecule has 1 amide bonds. The predicted octanol–water partition coefficient (Wildman–Crippen LogP) is 3.25. The highest BCUT2D eigenvalue weighted by Crippen LogP contribution is 2.18. The van der Waals surface area contributed by atoms with E-state index < -0.39 is 0 Å². The van der Waals surface area contributed by atoms with Crippen LogP contribution in [0.5, 0.6) is 0 Å². The number of carbonyl (C=O) groups is 1. The molecule has 1 fully saturated rings. The minimum absolute atomic E-state index is 0.0899. The van der Waals surface area contributed by atoms with E-state index in [2.05, 4.69) is 31.3 Å². The molecule has 0 aliphatic carbocycles. The van der Waals surface area contributed by atoms with Crippen molar-refractivity contribution >= 4 is 11.6 Å². The molecule has 1 aromatic rings. The van der Waals surface area contributed by atoms with Crippen LogP contribution < -0.4 is 5.32 Å². The molecule has 1 heterocycles. The van der Waals surface area contributed by atoms with E-state index in [1.54, 1.807) is 0 Å². The van der Waals surface area contributed by atoms with Crippen molar-refractivity contribution < 1.29 is 9.53 Å². The first-order valence-electron chi connectivity index (χ1n) is 7.10. The molecule has 0 radical (unpaired) electrons. The zero-order chi connectivity index (χ0) is 13.7. The molecule has 104 valence electrons. The quantitative estimate of drug-likeness (QED) is 0.883. The van der Waals surface area contributed by atoms with Gasteiger partial charge in [0.15, 0.2) is 0 Å². The first kappa shape index (κ1) is 14.1. The number of ether oxygens (including phenoxy) is 1. The van der Waals surface area contributed by atoms with Crippen LogP contribution in [0.25, 0.3) is 0 Å². The molecule has 1 aromatic carbocycles.